The number of allylic oxidation sites excluding steroid dienone is 1. The molecule has 0 aromatic rings. The van der Waals surface area contributed by atoms with E-state index in [1.807, 2.05) is 10.6 Å². The van der Waals surface area contributed by atoms with Crippen molar-refractivity contribution < 1.29 is 109 Å². The summed E-state index contributed by atoms with van der Waals surface area (Å²) in [6, 6.07) is -17.1. The van der Waals surface area contributed by atoms with E-state index in [1.54, 1.807) is 4.90 Å². The van der Waals surface area contributed by atoms with Gasteiger partial charge in [0.1, 0.15) is 60.2 Å². The number of nitrogens with two attached hydrogens (primary N) is 2. The number of aliphatic hydroxyl groups is 6. The molecule has 4 rings (SSSR count). The van der Waals surface area contributed by atoms with Crippen molar-refractivity contribution in [1.29, 1.82) is 0 Å². The van der Waals surface area contributed by atoms with E-state index in [9.17, 15) is 109 Å². The van der Waals surface area contributed by atoms with Gasteiger partial charge in [-0.3, -0.25) is 57.9 Å². The Hall–Kier alpha value is -8.48. The third kappa shape index (κ3) is 18.5. The number of hydrogen-bond acceptors (Lipinski definition) is 23. The Bertz CT molecular complexity index is 2660. The number of fused-ring (bicyclic) bond motifs is 3. The average Bonchev–Trinajstić information content (AvgIpc) is 1.49. The van der Waals surface area contributed by atoms with Crippen molar-refractivity contribution in [3.8, 4) is 0 Å². The fourth-order valence-electron chi connectivity index (χ4n) is 8.98. The second kappa shape index (κ2) is 30.7. The molecule has 84 heavy (non-hydrogen) atoms. The van der Waals surface area contributed by atoms with Gasteiger partial charge in [-0.15, -0.1) is 0 Å². The smallest absolute Gasteiger partial charge is 0.335 e. The normalized spacial score (nSPS) is 21.4. The Labute approximate surface area is 477 Å². The maximum Gasteiger partial charge on any atom is 0.335 e. The van der Waals surface area contributed by atoms with E-state index in [-0.39, 0.29) is 82.5 Å². The molecule has 1 aliphatic carbocycles. The number of unbranched alkanes of at least 4 members (excludes halogenated alkanes) is 1. The molecule has 0 bridgehead atoms. The maximum atomic E-state index is 14.0. The summed E-state index contributed by atoms with van der Waals surface area (Å²) in [4.78, 5) is 159. The number of carbonyl (C=O) groups excluding carboxylic acids is 9. The minimum Gasteiger partial charge on any atom is -0.504 e. The van der Waals surface area contributed by atoms with Gasteiger partial charge in [0.25, 0.3) is 5.91 Å². The van der Waals surface area contributed by atoms with Crippen LogP contribution in [0.1, 0.15) is 78.6 Å². The van der Waals surface area contributed by atoms with E-state index in [4.69, 9.17) is 11.5 Å². The Balaban J connectivity index is 1.53. The first-order chi connectivity index (χ1) is 39.4. The molecule has 0 radical (unpaired) electrons. The van der Waals surface area contributed by atoms with E-state index >= 15 is 0 Å². The van der Waals surface area contributed by atoms with Gasteiger partial charge in [-0.1, -0.05) is 0 Å². The monoisotopic (exact) mass is 1200 g/mol. The van der Waals surface area contributed by atoms with Crippen molar-refractivity contribution in [3.05, 3.63) is 46.8 Å². The lowest BCUT2D eigenvalue weighted by molar-refractivity contribution is -0.173. The zero-order chi connectivity index (χ0) is 63.0. The molecule has 0 saturated carbocycles. The second-order valence-electron chi connectivity index (χ2n) is 20.3. The number of hydroxylamine groups is 2. The average molecular weight is 1200 g/mol. The summed E-state index contributed by atoms with van der Waals surface area (Å²) in [6.45, 7) is 2.98. The zero-order valence-corrected chi connectivity index (χ0v) is 45.7. The van der Waals surface area contributed by atoms with Crippen LogP contribution in [-0.4, -0.2) is 237 Å². The van der Waals surface area contributed by atoms with E-state index in [2.05, 4.69) is 37.2 Å². The van der Waals surface area contributed by atoms with E-state index in [0.717, 1.165) is 20.8 Å². The van der Waals surface area contributed by atoms with Crippen LogP contribution in [0.4, 0.5) is 0 Å². The number of nitrogens with one attached hydrogen (secondary N) is 9. The summed E-state index contributed by atoms with van der Waals surface area (Å²) >= 11 is 0. The summed E-state index contributed by atoms with van der Waals surface area (Å²) in [5.41, 5.74) is 11.6. The molecular formula is C49H73N13O22. The Morgan fingerprint density at radius 1 is 0.679 bits per heavy atom. The molecule has 14 unspecified atom stereocenters. The van der Waals surface area contributed by atoms with Crippen LogP contribution in [0.2, 0.25) is 0 Å². The van der Waals surface area contributed by atoms with E-state index < -0.39 is 174 Å². The zero-order valence-electron chi connectivity index (χ0n) is 45.7. The van der Waals surface area contributed by atoms with Gasteiger partial charge in [0.15, 0.2) is 17.6 Å². The van der Waals surface area contributed by atoms with Crippen molar-refractivity contribution in [3.63, 3.8) is 0 Å². The van der Waals surface area contributed by atoms with Crippen molar-refractivity contribution in [1.82, 2.24) is 57.8 Å². The standard InChI is InChI=1S/C49H73N13O22/c1-19(63)34(43(75)55-26-8-6-13-62(84)47(26)79)58-44(76)36(21(3)65)59-46(78)37(38(71)49(82)83)60-45(77)35(20(2)64)57-41(73)24(7-4-5-12-50)54-42(74)28(17-33(69)70)56-40(72)25-11-14-61-29-18-31(67)30(66)16-22(29)15-27(39(61)53-25)52-32(68)10-9-23(51)48(80)81/h15-16,18-21,23-26,28-29,34-38,53,63-67,71,84H,4-14,17,50-51H2,1-3H3,(H,52,68)(H,54,74)(H,55,75)(H,56,72)(H,57,73)(H,58,76)(H,59,78)(H,60,77)(H,69,70)(H,80,81)(H,82,83). The van der Waals surface area contributed by atoms with Gasteiger partial charge < -0.3 is 110 Å². The van der Waals surface area contributed by atoms with Crippen LogP contribution in [0, 0.1) is 0 Å². The lowest BCUT2D eigenvalue weighted by Gasteiger charge is -2.45. The highest BCUT2D eigenvalue weighted by Crippen LogP contribution is 2.34. The number of aliphatic hydroxyl groups excluding tert-OH is 6. The highest BCUT2D eigenvalue weighted by molar-refractivity contribution is 6.00. The van der Waals surface area contributed by atoms with Crippen LogP contribution >= 0.6 is 0 Å². The van der Waals surface area contributed by atoms with Crippen LogP contribution in [0.3, 0.4) is 0 Å². The van der Waals surface area contributed by atoms with Gasteiger partial charge in [0.05, 0.1) is 36.5 Å². The second-order valence-corrected chi connectivity index (χ2v) is 20.3. The molecule has 0 aromatic heterocycles. The maximum absolute atomic E-state index is 14.0. The van der Waals surface area contributed by atoms with Gasteiger partial charge in [-0.25, -0.2) is 9.86 Å². The Morgan fingerprint density at radius 2 is 1.24 bits per heavy atom. The molecular weight excluding hydrogens is 1120 g/mol. The molecule has 14 atom stereocenters. The first kappa shape index (κ1) is 68.0. The highest BCUT2D eigenvalue weighted by atomic mass is 16.5. The van der Waals surface area contributed by atoms with Crippen molar-refractivity contribution >= 4 is 71.1 Å². The largest absolute Gasteiger partial charge is 0.504 e. The molecule has 0 spiro atoms. The van der Waals surface area contributed by atoms with Crippen LogP contribution in [0.15, 0.2) is 46.8 Å². The number of nitrogens with zero attached hydrogens (tertiary/aromatic N) is 2. The molecule has 2 fully saturated rings. The van der Waals surface area contributed by atoms with Gasteiger partial charge >= 0.3 is 17.9 Å². The minimum absolute atomic E-state index is 0.00712. The Morgan fingerprint density at radius 3 is 1.80 bits per heavy atom. The van der Waals surface area contributed by atoms with Crippen molar-refractivity contribution in [2.24, 2.45) is 11.5 Å². The fraction of sp³-hybridized carbons (Fsp3) is 0.592. The number of rotatable bonds is 30. The third-order valence-corrected chi connectivity index (χ3v) is 13.6. The van der Waals surface area contributed by atoms with E-state index in [1.165, 1.54) is 18.2 Å². The summed E-state index contributed by atoms with van der Waals surface area (Å²) in [7, 11) is 0. The number of carboxylic acid groups (broad SMARTS) is 3. The summed E-state index contributed by atoms with van der Waals surface area (Å²) in [6.07, 6.45) is -5.90. The topological polar surface area (TPSA) is 574 Å². The highest BCUT2D eigenvalue weighted by Gasteiger charge is 2.43. The molecule has 0 aromatic carbocycles. The van der Waals surface area contributed by atoms with Gasteiger partial charge in [-0.2, -0.15) is 0 Å². The molecule has 4 aliphatic rings. The van der Waals surface area contributed by atoms with Crippen molar-refractivity contribution in [2.75, 3.05) is 19.6 Å². The molecule has 3 heterocycles. The van der Waals surface area contributed by atoms with Crippen LogP contribution in [-0.2, 0) is 57.5 Å². The molecule has 35 nitrogen and oxygen atoms in total. The van der Waals surface area contributed by atoms with Crippen LogP contribution in [0.25, 0.3) is 0 Å². The Kier molecular flexibility index (Phi) is 24.9. The van der Waals surface area contributed by atoms with Gasteiger partial charge in [0, 0.05) is 19.5 Å². The first-order valence-electron chi connectivity index (χ1n) is 26.5. The number of carbonyl (C=O) groups is 12. The third-order valence-electron chi connectivity index (χ3n) is 13.6. The minimum atomic E-state index is -2.86. The predicted octanol–water partition coefficient (Wildman–Crippen LogP) is -8.07. The number of amides is 9. The number of aliphatic carboxylic acids is 3. The SMILES string of the molecule is CC(O)C(NC(=O)C(CCCCN)NC(=O)C(CC(=O)O)NC(=O)C1CCN2C(=C(NC(=O)CCC(N)C(=O)O)C=C3C=C(O)C(O)=CC32)N1)C(=O)NC(C(=O)NC(C(=O)NC(C(=O)NC1CCCN(O)C1=O)C(C)O)C(C)O)C(O)C(=O)O. The predicted molar refractivity (Wildman–Crippen MR) is 282 cm³/mol. The lowest BCUT2D eigenvalue weighted by atomic mass is 9.92. The number of hydrogen-bond donors (Lipinski definition) is 21. The van der Waals surface area contributed by atoms with E-state index in [0.29, 0.717) is 10.6 Å². The van der Waals surface area contributed by atoms with Crippen LogP contribution in [0.5, 0.6) is 0 Å². The summed E-state index contributed by atoms with van der Waals surface area (Å²) < 4.78 is 0. The molecule has 466 valence electrons. The molecule has 9 amide bonds. The molecule has 23 N–H and O–H groups in total. The quantitative estimate of drug-likeness (QED) is 0.0235. The molecule has 3 aliphatic heterocycles. The number of piperidine rings is 1. The van der Waals surface area contributed by atoms with Crippen LogP contribution < -0.4 is 59.3 Å². The van der Waals surface area contributed by atoms with Gasteiger partial charge in [0.2, 0.25) is 47.3 Å². The summed E-state index contributed by atoms with van der Waals surface area (Å²) in [5, 5.41) is 122. The molecule has 35 heteroatoms. The lowest BCUT2D eigenvalue weighted by Crippen LogP contribution is -2.66. The summed E-state index contributed by atoms with van der Waals surface area (Å²) in [5.74, 6) is -16.9. The fourth-order valence-corrected chi connectivity index (χ4v) is 8.98. The van der Waals surface area contributed by atoms with Gasteiger partial charge in [-0.05, 0) is 96.1 Å². The molecule has 2 saturated heterocycles. The first-order valence-corrected chi connectivity index (χ1v) is 26.5. The van der Waals surface area contributed by atoms with Crippen molar-refractivity contribution in [2.45, 2.75) is 163 Å². The number of carboxylic acids is 3.